The van der Waals surface area contributed by atoms with Gasteiger partial charge in [-0.1, -0.05) is 19.3 Å². The van der Waals surface area contributed by atoms with Crippen molar-refractivity contribution >= 4 is 11.4 Å². The standard InChI is InChI=1S/C13H18F2N2O/c14-10-6-9(16)7-11(15)12(10)17-13(8-18)4-2-1-3-5-13/h6-7,17-18H,1-5,8,16H2. The Hall–Kier alpha value is -1.36. The maximum absolute atomic E-state index is 13.7. The zero-order valence-electron chi connectivity index (χ0n) is 10.2. The van der Waals surface area contributed by atoms with Gasteiger partial charge in [0.2, 0.25) is 0 Å². The monoisotopic (exact) mass is 256 g/mol. The van der Waals surface area contributed by atoms with E-state index in [1.54, 1.807) is 0 Å². The number of nitrogens with two attached hydrogens (primary N) is 1. The second-order valence-corrected chi connectivity index (χ2v) is 4.98. The molecule has 0 aromatic heterocycles. The van der Waals surface area contributed by atoms with Gasteiger partial charge in [-0.05, 0) is 25.0 Å². The van der Waals surface area contributed by atoms with Gasteiger partial charge in [-0.25, -0.2) is 8.78 Å². The summed E-state index contributed by atoms with van der Waals surface area (Å²) < 4.78 is 27.4. The van der Waals surface area contributed by atoms with Crippen LogP contribution in [0.4, 0.5) is 20.2 Å². The van der Waals surface area contributed by atoms with Crippen LogP contribution >= 0.6 is 0 Å². The van der Waals surface area contributed by atoms with Gasteiger partial charge in [-0.3, -0.25) is 0 Å². The fraction of sp³-hybridized carbons (Fsp3) is 0.538. The first-order valence-electron chi connectivity index (χ1n) is 6.20. The minimum absolute atomic E-state index is 0.0530. The number of nitrogens with one attached hydrogen (secondary N) is 1. The molecule has 0 bridgehead atoms. The number of hydrogen-bond donors (Lipinski definition) is 3. The van der Waals surface area contributed by atoms with Crippen LogP contribution in [0.3, 0.4) is 0 Å². The average Bonchev–Trinajstić information content (AvgIpc) is 2.35. The molecule has 0 heterocycles. The third kappa shape index (κ3) is 2.56. The largest absolute Gasteiger partial charge is 0.399 e. The van der Waals surface area contributed by atoms with Crippen LogP contribution < -0.4 is 11.1 Å². The molecule has 0 saturated heterocycles. The number of nitrogen functional groups attached to an aromatic ring is 1. The number of hydrogen-bond acceptors (Lipinski definition) is 3. The fourth-order valence-corrected chi connectivity index (χ4v) is 2.53. The molecule has 2 rings (SSSR count). The topological polar surface area (TPSA) is 58.3 Å². The Labute approximate surface area is 105 Å². The van der Waals surface area contributed by atoms with Crippen molar-refractivity contribution in [3.63, 3.8) is 0 Å². The van der Waals surface area contributed by atoms with E-state index in [2.05, 4.69) is 5.32 Å². The summed E-state index contributed by atoms with van der Waals surface area (Å²) in [5.74, 6) is -1.43. The summed E-state index contributed by atoms with van der Waals surface area (Å²) in [7, 11) is 0. The van der Waals surface area contributed by atoms with Crippen molar-refractivity contribution in [1.82, 2.24) is 0 Å². The SMILES string of the molecule is Nc1cc(F)c(NC2(CO)CCCCC2)c(F)c1. The second-order valence-electron chi connectivity index (χ2n) is 4.98. The van der Waals surface area contributed by atoms with Crippen molar-refractivity contribution in [3.8, 4) is 0 Å². The van der Waals surface area contributed by atoms with Crippen LogP contribution in [-0.4, -0.2) is 17.3 Å². The lowest BCUT2D eigenvalue weighted by atomic mass is 9.82. The van der Waals surface area contributed by atoms with Crippen molar-refractivity contribution in [2.75, 3.05) is 17.7 Å². The molecule has 1 aromatic rings. The van der Waals surface area contributed by atoms with E-state index < -0.39 is 17.2 Å². The quantitative estimate of drug-likeness (QED) is 0.729. The molecule has 1 aliphatic rings. The van der Waals surface area contributed by atoms with E-state index in [9.17, 15) is 13.9 Å². The average molecular weight is 256 g/mol. The van der Waals surface area contributed by atoms with E-state index in [-0.39, 0.29) is 18.0 Å². The Balaban J connectivity index is 2.27. The molecule has 1 aromatic carbocycles. The first-order valence-corrected chi connectivity index (χ1v) is 6.20. The number of halogens is 2. The van der Waals surface area contributed by atoms with Crippen LogP contribution in [-0.2, 0) is 0 Å². The van der Waals surface area contributed by atoms with Gasteiger partial charge in [0.1, 0.15) is 5.69 Å². The second kappa shape index (κ2) is 5.10. The third-order valence-corrected chi connectivity index (χ3v) is 3.57. The molecule has 4 N–H and O–H groups in total. The molecule has 0 radical (unpaired) electrons. The van der Waals surface area contributed by atoms with E-state index in [4.69, 9.17) is 5.73 Å². The van der Waals surface area contributed by atoms with E-state index in [1.807, 2.05) is 0 Å². The predicted molar refractivity (Wildman–Crippen MR) is 67.3 cm³/mol. The molecule has 0 aliphatic heterocycles. The first-order chi connectivity index (χ1) is 8.56. The zero-order chi connectivity index (χ0) is 13.2. The number of anilines is 2. The van der Waals surface area contributed by atoms with Crippen molar-refractivity contribution in [1.29, 1.82) is 0 Å². The molecule has 1 aliphatic carbocycles. The first kappa shape index (κ1) is 13.1. The molecule has 5 heteroatoms. The van der Waals surface area contributed by atoms with Crippen LogP contribution in [0.25, 0.3) is 0 Å². The van der Waals surface area contributed by atoms with Gasteiger partial charge >= 0.3 is 0 Å². The highest BCUT2D eigenvalue weighted by atomic mass is 19.1. The molecule has 1 fully saturated rings. The summed E-state index contributed by atoms with van der Waals surface area (Å²) in [6, 6.07) is 2.17. The Bertz CT molecular complexity index is 408. The number of aliphatic hydroxyl groups excluding tert-OH is 1. The highest BCUT2D eigenvalue weighted by molar-refractivity contribution is 5.55. The Morgan fingerprint density at radius 1 is 1.17 bits per heavy atom. The van der Waals surface area contributed by atoms with E-state index >= 15 is 0 Å². The van der Waals surface area contributed by atoms with Gasteiger partial charge in [-0.2, -0.15) is 0 Å². The summed E-state index contributed by atoms with van der Waals surface area (Å²) in [6.07, 6.45) is 4.42. The Kier molecular flexibility index (Phi) is 3.71. The molecule has 100 valence electrons. The van der Waals surface area contributed by atoms with Gasteiger partial charge in [0.05, 0.1) is 12.1 Å². The summed E-state index contributed by atoms with van der Waals surface area (Å²) in [5.41, 5.74) is 4.61. The Morgan fingerprint density at radius 3 is 2.22 bits per heavy atom. The van der Waals surface area contributed by atoms with Crippen LogP contribution in [0.5, 0.6) is 0 Å². The number of aliphatic hydroxyl groups is 1. The molecule has 1 saturated carbocycles. The van der Waals surface area contributed by atoms with Crippen LogP contribution in [0.2, 0.25) is 0 Å². The van der Waals surface area contributed by atoms with Crippen molar-refractivity contribution in [2.24, 2.45) is 0 Å². The molecule has 0 spiro atoms. The highest BCUT2D eigenvalue weighted by Crippen LogP contribution is 2.33. The van der Waals surface area contributed by atoms with E-state index in [0.717, 1.165) is 31.4 Å². The van der Waals surface area contributed by atoms with Gasteiger partial charge < -0.3 is 16.2 Å². The lowest BCUT2D eigenvalue weighted by molar-refractivity contribution is 0.172. The maximum atomic E-state index is 13.7. The predicted octanol–water partition coefficient (Wildman–Crippen LogP) is 2.65. The lowest BCUT2D eigenvalue weighted by Gasteiger charge is -2.37. The zero-order valence-corrected chi connectivity index (χ0v) is 10.2. The summed E-state index contributed by atoms with van der Waals surface area (Å²) in [4.78, 5) is 0. The molecule has 18 heavy (non-hydrogen) atoms. The minimum atomic E-state index is -0.717. The van der Waals surface area contributed by atoms with Gasteiger partial charge in [0.15, 0.2) is 11.6 Å². The molecule has 0 amide bonds. The Morgan fingerprint density at radius 2 is 1.72 bits per heavy atom. The smallest absolute Gasteiger partial charge is 0.151 e. The van der Waals surface area contributed by atoms with Gasteiger partial charge in [0, 0.05) is 5.69 Å². The summed E-state index contributed by atoms with van der Waals surface area (Å²) in [5, 5.41) is 12.4. The normalized spacial score (nSPS) is 18.6. The summed E-state index contributed by atoms with van der Waals surface area (Å²) in [6.45, 7) is -0.129. The number of benzene rings is 1. The highest BCUT2D eigenvalue weighted by Gasteiger charge is 2.32. The van der Waals surface area contributed by atoms with Crippen LogP contribution in [0, 0.1) is 11.6 Å². The van der Waals surface area contributed by atoms with E-state index in [1.165, 1.54) is 0 Å². The van der Waals surface area contributed by atoms with Crippen LogP contribution in [0.1, 0.15) is 32.1 Å². The van der Waals surface area contributed by atoms with E-state index in [0.29, 0.717) is 12.8 Å². The van der Waals surface area contributed by atoms with Crippen LogP contribution in [0.15, 0.2) is 12.1 Å². The molecule has 0 atom stereocenters. The molecule has 0 unspecified atom stereocenters. The number of rotatable bonds is 3. The lowest BCUT2D eigenvalue weighted by Crippen LogP contribution is -2.44. The molecular weight excluding hydrogens is 238 g/mol. The van der Waals surface area contributed by atoms with Crippen molar-refractivity contribution in [2.45, 2.75) is 37.6 Å². The molecule has 3 nitrogen and oxygen atoms in total. The van der Waals surface area contributed by atoms with Gasteiger partial charge in [-0.15, -0.1) is 0 Å². The van der Waals surface area contributed by atoms with Crippen molar-refractivity contribution < 1.29 is 13.9 Å². The van der Waals surface area contributed by atoms with Crippen molar-refractivity contribution in [3.05, 3.63) is 23.8 Å². The summed E-state index contributed by atoms with van der Waals surface area (Å²) >= 11 is 0. The molecular formula is C13H18F2N2O. The maximum Gasteiger partial charge on any atom is 0.151 e. The third-order valence-electron chi connectivity index (χ3n) is 3.57. The van der Waals surface area contributed by atoms with Gasteiger partial charge in [0.25, 0.3) is 0 Å². The minimum Gasteiger partial charge on any atom is -0.399 e. The fourth-order valence-electron chi connectivity index (χ4n) is 2.53.